The number of aromatic nitrogens is 2. The third kappa shape index (κ3) is 4.75. The Kier molecular flexibility index (Phi) is 6.21. The Balaban J connectivity index is 1.53. The zero-order chi connectivity index (χ0) is 20.9. The topological polar surface area (TPSA) is 76.5 Å². The van der Waals surface area contributed by atoms with Crippen molar-refractivity contribution in [2.75, 3.05) is 32.8 Å². The second-order valence-corrected chi connectivity index (χ2v) is 7.63. The summed E-state index contributed by atoms with van der Waals surface area (Å²) in [6.07, 6.45) is 1.26. The monoisotopic (exact) mass is 406 g/mol. The molecule has 1 N–H and O–H groups in total. The van der Waals surface area contributed by atoms with Gasteiger partial charge in [0.2, 0.25) is 11.3 Å². The smallest absolute Gasteiger partial charge is 0.242 e. The SMILES string of the molecule is Cc1ccc([C@@H](CN2CCOCC2)NC(=O)Cn2ncc(=O)c3ccccc32)cc1. The number of carbonyl (C=O) groups is 1. The minimum absolute atomic E-state index is 0.0479. The zero-order valence-electron chi connectivity index (χ0n) is 17.1. The van der Waals surface area contributed by atoms with E-state index in [-0.39, 0.29) is 23.9 Å². The maximum Gasteiger partial charge on any atom is 0.242 e. The number of aryl methyl sites for hydroxylation is 1. The number of hydrogen-bond acceptors (Lipinski definition) is 5. The van der Waals surface area contributed by atoms with Crippen molar-refractivity contribution < 1.29 is 9.53 Å². The van der Waals surface area contributed by atoms with Gasteiger partial charge in [0.25, 0.3) is 0 Å². The summed E-state index contributed by atoms with van der Waals surface area (Å²) in [5.41, 5.74) is 2.75. The molecule has 1 fully saturated rings. The largest absolute Gasteiger partial charge is 0.379 e. The molecule has 7 heteroatoms. The minimum atomic E-state index is -0.146. The number of fused-ring (bicyclic) bond motifs is 1. The highest BCUT2D eigenvalue weighted by Gasteiger charge is 2.20. The number of benzene rings is 2. The number of nitrogens with zero attached hydrogens (tertiary/aromatic N) is 3. The highest BCUT2D eigenvalue weighted by atomic mass is 16.5. The van der Waals surface area contributed by atoms with Crippen LogP contribution in [0.4, 0.5) is 0 Å². The fraction of sp³-hybridized carbons (Fsp3) is 0.348. The Morgan fingerprint density at radius 2 is 1.87 bits per heavy atom. The Bertz CT molecular complexity index is 1070. The molecule has 1 amide bonds. The number of rotatable bonds is 6. The van der Waals surface area contributed by atoms with E-state index in [0.29, 0.717) is 24.1 Å². The molecule has 1 aliphatic heterocycles. The molecule has 0 saturated carbocycles. The lowest BCUT2D eigenvalue weighted by atomic mass is 10.0. The van der Waals surface area contributed by atoms with Crippen LogP contribution in [-0.2, 0) is 16.1 Å². The summed E-state index contributed by atoms with van der Waals surface area (Å²) in [6, 6.07) is 15.3. The molecule has 156 valence electrons. The molecule has 3 aromatic rings. The van der Waals surface area contributed by atoms with E-state index < -0.39 is 0 Å². The van der Waals surface area contributed by atoms with Crippen LogP contribution in [0, 0.1) is 6.92 Å². The van der Waals surface area contributed by atoms with Gasteiger partial charge >= 0.3 is 0 Å². The molecular weight excluding hydrogens is 380 g/mol. The number of carbonyl (C=O) groups excluding carboxylic acids is 1. The molecule has 1 aromatic heterocycles. The van der Waals surface area contributed by atoms with E-state index in [1.165, 1.54) is 11.8 Å². The third-order valence-corrected chi connectivity index (χ3v) is 5.41. The molecule has 0 spiro atoms. The number of amides is 1. The van der Waals surface area contributed by atoms with Gasteiger partial charge in [-0.3, -0.25) is 19.2 Å². The molecule has 7 nitrogen and oxygen atoms in total. The molecule has 0 unspecified atom stereocenters. The Morgan fingerprint density at radius 3 is 2.63 bits per heavy atom. The lowest BCUT2D eigenvalue weighted by Crippen LogP contribution is -2.43. The standard InChI is InChI=1S/C23H26N4O3/c1-17-6-8-18(9-7-17)20(15-26-10-12-30-13-11-26)25-23(29)16-27-21-5-3-2-4-19(21)22(28)14-24-27/h2-9,14,20H,10-13,15-16H2,1H3,(H,25,29)/t20-/m1/s1. The first-order valence-corrected chi connectivity index (χ1v) is 10.2. The van der Waals surface area contributed by atoms with Crippen molar-refractivity contribution >= 4 is 16.8 Å². The number of ether oxygens (including phenoxy) is 1. The Hall–Kier alpha value is -3.03. The lowest BCUT2D eigenvalue weighted by Gasteiger charge is -2.31. The molecular formula is C23H26N4O3. The quantitative estimate of drug-likeness (QED) is 0.677. The summed E-state index contributed by atoms with van der Waals surface area (Å²) in [5.74, 6) is -0.143. The summed E-state index contributed by atoms with van der Waals surface area (Å²) >= 11 is 0. The van der Waals surface area contributed by atoms with Crippen LogP contribution in [0.2, 0.25) is 0 Å². The lowest BCUT2D eigenvalue weighted by molar-refractivity contribution is -0.122. The molecule has 2 heterocycles. The molecule has 0 aliphatic carbocycles. The fourth-order valence-electron chi connectivity index (χ4n) is 3.74. The molecule has 0 radical (unpaired) electrons. The fourth-order valence-corrected chi connectivity index (χ4v) is 3.74. The predicted molar refractivity (Wildman–Crippen MR) is 115 cm³/mol. The second kappa shape index (κ2) is 9.19. The van der Waals surface area contributed by atoms with Crippen LogP contribution in [-0.4, -0.2) is 53.4 Å². The van der Waals surface area contributed by atoms with E-state index >= 15 is 0 Å². The van der Waals surface area contributed by atoms with Crippen LogP contribution in [0.5, 0.6) is 0 Å². The molecule has 4 rings (SSSR count). The van der Waals surface area contributed by atoms with Crippen molar-refractivity contribution in [1.82, 2.24) is 20.0 Å². The van der Waals surface area contributed by atoms with Crippen molar-refractivity contribution in [1.29, 1.82) is 0 Å². The average molecular weight is 406 g/mol. The van der Waals surface area contributed by atoms with Gasteiger partial charge in [-0.1, -0.05) is 42.0 Å². The van der Waals surface area contributed by atoms with Crippen LogP contribution < -0.4 is 10.7 Å². The van der Waals surface area contributed by atoms with Gasteiger partial charge in [0.15, 0.2) is 0 Å². The van der Waals surface area contributed by atoms with E-state index in [9.17, 15) is 9.59 Å². The van der Waals surface area contributed by atoms with Crippen LogP contribution in [0.25, 0.3) is 10.9 Å². The Morgan fingerprint density at radius 1 is 1.13 bits per heavy atom. The normalized spacial score (nSPS) is 15.8. The highest BCUT2D eigenvalue weighted by molar-refractivity contribution is 5.81. The zero-order valence-corrected chi connectivity index (χ0v) is 17.1. The van der Waals surface area contributed by atoms with Gasteiger partial charge in [-0.15, -0.1) is 0 Å². The van der Waals surface area contributed by atoms with Crippen molar-refractivity contribution in [2.24, 2.45) is 0 Å². The molecule has 1 atom stereocenters. The van der Waals surface area contributed by atoms with E-state index in [2.05, 4.69) is 39.6 Å². The van der Waals surface area contributed by atoms with E-state index in [1.807, 2.05) is 25.1 Å². The maximum absolute atomic E-state index is 12.9. The molecule has 30 heavy (non-hydrogen) atoms. The number of morpholine rings is 1. The van der Waals surface area contributed by atoms with Gasteiger partial charge in [0.1, 0.15) is 6.54 Å². The minimum Gasteiger partial charge on any atom is -0.379 e. The van der Waals surface area contributed by atoms with Gasteiger partial charge in [0.05, 0.1) is 31.0 Å². The Labute approximate surface area is 175 Å². The molecule has 2 aromatic carbocycles. The van der Waals surface area contributed by atoms with Gasteiger partial charge in [-0.2, -0.15) is 5.10 Å². The van der Waals surface area contributed by atoms with Crippen molar-refractivity contribution in [3.05, 3.63) is 76.1 Å². The number of nitrogens with one attached hydrogen (secondary N) is 1. The average Bonchev–Trinajstić information content (AvgIpc) is 2.77. The first kappa shape index (κ1) is 20.3. The van der Waals surface area contributed by atoms with Crippen LogP contribution >= 0.6 is 0 Å². The number of hydrogen-bond donors (Lipinski definition) is 1. The van der Waals surface area contributed by atoms with Crippen LogP contribution in [0.15, 0.2) is 59.5 Å². The van der Waals surface area contributed by atoms with Gasteiger partial charge in [0, 0.05) is 25.0 Å². The first-order chi connectivity index (χ1) is 14.6. The van der Waals surface area contributed by atoms with E-state index in [0.717, 1.165) is 25.2 Å². The van der Waals surface area contributed by atoms with Crippen molar-refractivity contribution in [3.63, 3.8) is 0 Å². The van der Waals surface area contributed by atoms with Gasteiger partial charge in [-0.25, -0.2) is 0 Å². The summed E-state index contributed by atoms with van der Waals surface area (Å²) < 4.78 is 7.02. The maximum atomic E-state index is 12.9. The van der Waals surface area contributed by atoms with Crippen molar-refractivity contribution in [3.8, 4) is 0 Å². The van der Waals surface area contributed by atoms with Crippen LogP contribution in [0.3, 0.4) is 0 Å². The molecule has 1 saturated heterocycles. The summed E-state index contributed by atoms with van der Waals surface area (Å²) in [4.78, 5) is 27.3. The van der Waals surface area contributed by atoms with E-state index in [1.54, 1.807) is 10.7 Å². The highest BCUT2D eigenvalue weighted by Crippen LogP contribution is 2.17. The van der Waals surface area contributed by atoms with Crippen molar-refractivity contribution in [2.45, 2.75) is 19.5 Å². The summed E-state index contributed by atoms with van der Waals surface area (Å²) in [7, 11) is 0. The molecule has 1 aliphatic rings. The second-order valence-electron chi connectivity index (χ2n) is 7.63. The number of para-hydroxylation sites is 1. The first-order valence-electron chi connectivity index (χ1n) is 10.2. The van der Waals surface area contributed by atoms with Gasteiger partial charge < -0.3 is 10.1 Å². The predicted octanol–water partition coefficient (Wildman–Crippen LogP) is 1.89. The molecule has 0 bridgehead atoms. The van der Waals surface area contributed by atoms with Crippen LogP contribution in [0.1, 0.15) is 17.2 Å². The van der Waals surface area contributed by atoms with E-state index in [4.69, 9.17) is 4.74 Å². The third-order valence-electron chi connectivity index (χ3n) is 5.41. The van der Waals surface area contributed by atoms with Gasteiger partial charge in [-0.05, 0) is 24.6 Å². The summed E-state index contributed by atoms with van der Waals surface area (Å²) in [6.45, 7) is 5.94. The summed E-state index contributed by atoms with van der Waals surface area (Å²) in [5, 5.41) is 7.90.